The van der Waals surface area contributed by atoms with Crippen LogP contribution >= 0.6 is 0 Å². The monoisotopic (exact) mass is 303 g/mol. The van der Waals surface area contributed by atoms with Gasteiger partial charge in [0.2, 0.25) is 0 Å². The van der Waals surface area contributed by atoms with Crippen molar-refractivity contribution < 1.29 is 9.47 Å². The molecule has 0 aromatic heterocycles. The van der Waals surface area contributed by atoms with E-state index in [4.69, 9.17) is 9.47 Å². The van der Waals surface area contributed by atoms with Crippen molar-refractivity contribution in [2.45, 2.75) is 76.7 Å². The van der Waals surface area contributed by atoms with Gasteiger partial charge in [-0.25, -0.2) is 0 Å². The van der Waals surface area contributed by atoms with E-state index in [-0.39, 0.29) is 5.60 Å². The standard InChI is InChI=1S/C19H29NO2/c1-19(2)13-16(11-12-21-19)20-14-15-7-3-6-10-18(15)22-17-8-4-5-9-17/h3,6-7,10,16-17,20H,4-5,8-9,11-14H2,1-2H3. The van der Waals surface area contributed by atoms with Crippen molar-refractivity contribution in [3.8, 4) is 5.75 Å². The van der Waals surface area contributed by atoms with E-state index in [1.165, 1.54) is 31.2 Å². The maximum atomic E-state index is 6.22. The molecule has 1 aliphatic carbocycles. The second-order valence-electron chi connectivity index (χ2n) is 7.31. The van der Waals surface area contributed by atoms with Crippen LogP contribution in [-0.4, -0.2) is 24.4 Å². The largest absolute Gasteiger partial charge is 0.490 e. The average molecular weight is 303 g/mol. The molecule has 0 amide bonds. The zero-order chi connectivity index (χ0) is 15.4. The minimum atomic E-state index is -0.00418. The highest BCUT2D eigenvalue weighted by Gasteiger charge is 2.28. The van der Waals surface area contributed by atoms with E-state index in [0.717, 1.165) is 31.7 Å². The second-order valence-corrected chi connectivity index (χ2v) is 7.31. The molecule has 22 heavy (non-hydrogen) atoms. The Morgan fingerprint density at radius 2 is 1.95 bits per heavy atom. The van der Waals surface area contributed by atoms with Crippen LogP contribution in [-0.2, 0) is 11.3 Å². The first kappa shape index (κ1) is 15.8. The molecule has 0 spiro atoms. The molecule has 0 bridgehead atoms. The highest BCUT2D eigenvalue weighted by atomic mass is 16.5. The van der Waals surface area contributed by atoms with E-state index < -0.39 is 0 Å². The van der Waals surface area contributed by atoms with Crippen LogP contribution in [0.2, 0.25) is 0 Å². The molecule has 2 fully saturated rings. The number of rotatable bonds is 5. The molecule has 1 N–H and O–H groups in total. The highest BCUT2D eigenvalue weighted by Crippen LogP contribution is 2.28. The third-order valence-electron chi connectivity index (χ3n) is 4.85. The van der Waals surface area contributed by atoms with Crippen LogP contribution in [0, 0.1) is 0 Å². The zero-order valence-electron chi connectivity index (χ0n) is 13.9. The molecule has 1 aromatic rings. The molecule has 3 heteroatoms. The van der Waals surface area contributed by atoms with Gasteiger partial charge in [-0.1, -0.05) is 18.2 Å². The molecule has 1 heterocycles. The third-order valence-corrected chi connectivity index (χ3v) is 4.85. The summed E-state index contributed by atoms with van der Waals surface area (Å²) in [5.74, 6) is 1.06. The van der Waals surface area contributed by atoms with Crippen LogP contribution in [0.1, 0.15) is 57.9 Å². The van der Waals surface area contributed by atoms with Crippen molar-refractivity contribution in [2.24, 2.45) is 0 Å². The van der Waals surface area contributed by atoms with Crippen LogP contribution in [0.25, 0.3) is 0 Å². The normalized spacial score (nSPS) is 25.3. The van der Waals surface area contributed by atoms with Gasteiger partial charge in [0.05, 0.1) is 11.7 Å². The van der Waals surface area contributed by atoms with Crippen molar-refractivity contribution in [3.63, 3.8) is 0 Å². The van der Waals surface area contributed by atoms with Crippen molar-refractivity contribution >= 4 is 0 Å². The van der Waals surface area contributed by atoms with Crippen molar-refractivity contribution in [2.75, 3.05) is 6.61 Å². The van der Waals surface area contributed by atoms with Gasteiger partial charge in [-0.05, 0) is 58.4 Å². The summed E-state index contributed by atoms with van der Waals surface area (Å²) in [6.07, 6.45) is 7.60. The second kappa shape index (κ2) is 7.01. The quantitative estimate of drug-likeness (QED) is 0.890. The molecule has 1 unspecified atom stereocenters. The van der Waals surface area contributed by atoms with Gasteiger partial charge in [-0.15, -0.1) is 0 Å². The molecule has 1 aliphatic heterocycles. The summed E-state index contributed by atoms with van der Waals surface area (Å²) in [6.45, 7) is 6.09. The fraction of sp³-hybridized carbons (Fsp3) is 0.684. The van der Waals surface area contributed by atoms with E-state index in [1.807, 2.05) is 0 Å². The molecular weight excluding hydrogens is 274 g/mol. The summed E-state index contributed by atoms with van der Waals surface area (Å²) in [6, 6.07) is 9.01. The predicted molar refractivity (Wildman–Crippen MR) is 89.2 cm³/mol. The van der Waals surface area contributed by atoms with Gasteiger partial charge in [0.1, 0.15) is 5.75 Å². The molecular formula is C19H29NO2. The number of hydrogen-bond acceptors (Lipinski definition) is 3. The van der Waals surface area contributed by atoms with Gasteiger partial charge in [0, 0.05) is 24.8 Å². The van der Waals surface area contributed by atoms with Gasteiger partial charge in [0.25, 0.3) is 0 Å². The maximum Gasteiger partial charge on any atom is 0.124 e. The lowest BCUT2D eigenvalue weighted by Crippen LogP contribution is -2.43. The van der Waals surface area contributed by atoms with E-state index in [2.05, 4.69) is 43.4 Å². The Morgan fingerprint density at radius 1 is 1.18 bits per heavy atom. The third kappa shape index (κ3) is 4.23. The summed E-state index contributed by atoms with van der Waals surface area (Å²) in [5, 5.41) is 3.70. The van der Waals surface area contributed by atoms with Gasteiger partial charge in [-0.3, -0.25) is 0 Å². The summed E-state index contributed by atoms with van der Waals surface area (Å²) in [7, 11) is 0. The number of ether oxygens (including phenoxy) is 2. The van der Waals surface area contributed by atoms with Gasteiger partial charge >= 0.3 is 0 Å². The topological polar surface area (TPSA) is 30.5 Å². The first-order chi connectivity index (χ1) is 10.6. The molecule has 1 saturated heterocycles. The number of nitrogens with one attached hydrogen (secondary N) is 1. The fourth-order valence-corrected chi connectivity index (χ4v) is 3.61. The Bertz CT molecular complexity index is 480. The Labute approximate surface area is 134 Å². The van der Waals surface area contributed by atoms with Crippen molar-refractivity contribution in [1.29, 1.82) is 0 Å². The maximum absolute atomic E-state index is 6.22. The Kier molecular flexibility index (Phi) is 5.04. The van der Waals surface area contributed by atoms with Crippen molar-refractivity contribution in [3.05, 3.63) is 29.8 Å². The molecule has 3 nitrogen and oxygen atoms in total. The molecule has 2 aliphatic rings. The summed E-state index contributed by atoms with van der Waals surface area (Å²) in [5.41, 5.74) is 1.27. The molecule has 1 saturated carbocycles. The van der Waals surface area contributed by atoms with E-state index in [1.54, 1.807) is 0 Å². The smallest absolute Gasteiger partial charge is 0.124 e. The van der Waals surface area contributed by atoms with Gasteiger partial charge in [-0.2, -0.15) is 0 Å². The summed E-state index contributed by atoms with van der Waals surface area (Å²) < 4.78 is 12.0. The van der Waals surface area contributed by atoms with Crippen LogP contribution < -0.4 is 10.1 Å². The zero-order valence-corrected chi connectivity index (χ0v) is 13.9. The number of para-hydroxylation sites is 1. The van der Waals surface area contributed by atoms with Crippen LogP contribution in [0.3, 0.4) is 0 Å². The molecule has 0 radical (unpaired) electrons. The Balaban J connectivity index is 1.57. The minimum Gasteiger partial charge on any atom is -0.490 e. The predicted octanol–water partition coefficient (Wildman–Crippen LogP) is 4.06. The Morgan fingerprint density at radius 3 is 2.73 bits per heavy atom. The van der Waals surface area contributed by atoms with Crippen LogP contribution in [0.5, 0.6) is 5.75 Å². The first-order valence-electron chi connectivity index (χ1n) is 8.74. The highest BCUT2D eigenvalue weighted by molar-refractivity contribution is 5.33. The van der Waals surface area contributed by atoms with Crippen LogP contribution in [0.4, 0.5) is 0 Å². The number of benzene rings is 1. The minimum absolute atomic E-state index is 0.00418. The molecule has 1 aromatic carbocycles. The van der Waals surface area contributed by atoms with E-state index in [0.29, 0.717) is 12.1 Å². The Hall–Kier alpha value is -1.06. The van der Waals surface area contributed by atoms with Crippen LogP contribution in [0.15, 0.2) is 24.3 Å². The van der Waals surface area contributed by atoms with Gasteiger partial charge in [0.15, 0.2) is 0 Å². The van der Waals surface area contributed by atoms with E-state index >= 15 is 0 Å². The lowest BCUT2D eigenvalue weighted by molar-refractivity contribution is -0.0630. The van der Waals surface area contributed by atoms with Crippen molar-refractivity contribution in [1.82, 2.24) is 5.32 Å². The summed E-state index contributed by atoms with van der Waals surface area (Å²) in [4.78, 5) is 0. The molecule has 122 valence electrons. The average Bonchev–Trinajstić information content (AvgIpc) is 2.98. The summed E-state index contributed by atoms with van der Waals surface area (Å²) >= 11 is 0. The fourth-order valence-electron chi connectivity index (χ4n) is 3.61. The SMILES string of the molecule is CC1(C)CC(NCc2ccccc2OC2CCCC2)CCO1. The molecule has 1 atom stereocenters. The lowest BCUT2D eigenvalue weighted by Gasteiger charge is -2.36. The lowest BCUT2D eigenvalue weighted by atomic mass is 9.94. The number of hydrogen-bond donors (Lipinski definition) is 1. The molecule has 3 rings (SSSR count). The van der Waals surface area contributed by atoms with E-state index in [9.17, 15) is 0 Å². The first-order valence-corrected chi connectivity index (χ1v) is 8.74. The van der Waals surface area contributed by atoms with Gasteiger partial charge < -0.3 is 14.8 Å².